The number of hydrogen-bond acceptors (Lipinski definition) is 4. The van der Waals surface area contributed by atoms with Crippen molar-refractivity contribution in [1.29, 1.82) is 0 Å². The first-order valence-electron chi connectivity index (χ1n) is 10.6. The Morgan fingerprint density at radius 2 is 1.97 bits per heavy atom. The van der Waals surface area contributed by atoms with Crippen molar-refractivity contribution in [3.05, 3.63) is 82.9 Å². The van der Waals surface area contributed by atoms with Crippen molar-refractivity contribution in [3.63, 3.8) is 0 Å². The third-order valence-electron chi connectivity index (χ3n) is 5.75. The van der Waals surface area contributed by atoms with E-state index in [2.05, 4.69) is 9.97 Å². The molecule has 2 aromatic carbocycles. The number of H-pyrrole nitrogens is 1. The number of carbonyl (C=O) groups is 2. The van der Waals surface area contributed by atoms with Crippen LogP contribution < -0.4 is 4.74 Å². The molecule has 0 saturated heterocycles. The zero-order valence-corrected chi connectivity index (χ0v) is 17.4. The fourth-order valence-corrected chi connectivity index (χ4v) is 4.17. The van der Waals surface area contributed by atoms with Gasteiger partial charge < -0.3 is 9.72 Å². The number of halogens is 1. The predicted octanol–water partition coefficient (Wildman–Crippen LogP) is 5.07. The van der Waals surface area contributed by atoms with Gasteiger partial charge in [0.25, 0.3) is 0 Å². The molecule has 2 heterocycles. The number of aryl methyl sites for hydroxylation is 1. The minimum atomic E-state index is -0.716. The van der Waals surface area contributed by atoms with Gasteiger partial charge in [-0.25, -0.2) is 9.37 Å². The summed E-state index contributed by atoms with van der Waals surface area (Å²) in [4.78, 5) is 32.7. The number of fused-ring (bicyclic) bond motifs is 1. The Morgan fingerprint density at radius 3 is 2.65 bits per heavy atom. The minimum absolute atomic E-state index is 0.0389. The number of benzene rings is 2. The molecule has 0 fully saturated rings. The number of ether oxygens (including phenoxy) is 1. The Labute approximate surface area is 180 Å². The van der Waals surface area contributed by atoms with E-state index in [1.807, 2.05) is 30.3 Å². The van der Waals surface area contributed by atoms with Crippen LogP contribution in [-0.2, 0) is 6.42 Å². The molecule has 1 aliphatic rings. The van der Waals surface area contributed by atoms with E-state index >= 15 is 0 Å². The van der Waals surface area contributed by atoms with E-state index in [-0.39, 0.29) is 23.9 Å². The summed E-state index contributed by atoms with van der Waals surface area (Å²) < 4.78 is 19.8. The Hall–Kier alpha value is -3.28. The first-order valence-corrected chi connectivity index (χ1v) is 10.6. The van der Waals surface area contributed by atoms with Gasteiger partial charge in [0.15, 0.2) is 11.6 Å². The third kappa shape index (κ3) is 4.29. The average molecular weight is 420 g/mol. The fourth-order valence-electron chi connectivity index (χ4n) is 4.17. The van der Waals surface area contributed by atoms with E-state index < -0.39 is 12.8 Å². The first-order chi connectivity index (χ1) is 15.1. The highest BCUT2D eigenvalue weighted by Crippen LogP contribution is 2.45. The summed E-state index contributed by atoms with van der Waals surface area (Å²) in [6.07, 6.45) is 4.66. The molecule has 0 aliphatic carbocycles. The summed E-state index contributed by atoms with van der Waals surface area (Å²) in [5, 5.41) is 0. The van der Waals surface area contributed by atoms with Crippen molar-refractivity contribution >= 4 is 11.6 Å². The maximum Gasteiger partial charge on any atom is 0.166 e. The zero-order chi connectivity index (χ0) is 21.8. The number of nitrogens with one attached hydrogen (secondary N) is 1. The van der Waals surface area contributed by atoms with E-state index in [0.29, 0.717) is 35.3 Å². The molecule has 3 aromatic rings. The molecule has 0 saturated carbocycles. The Balaban J connectivity index is 1.68. The summed E-state index contributed by atoms with van der Waals surface area (Å²) in [6, 6.07) is 12.9. The lowest BCUT2D eigenvalue weighted by molar-refractivity contribution is 0.0979. The van der Waals surface area contributed by atoms with Crippen LogP contribution in [0.1, 0.15) is 69.6 Å². The van der Waals surface area contributed by atoms with Gasteiger partial charge in [0.1, 0.15) is 18.5 Å². The van der Waals surface area contributed by atoms with Crippen LogP contribution in [0.5, 0.6) is 5.75 Å². The van der Waals surface area contributed by atoms with Gasteiger partial charge >= 0.3 is 0 Å². The number of alkyl halides is 1. The maximum absolute atomic E-state index is 13.9. The summed E-state index contributed by atoms with van der Waals surface area (Å²) >= 11 is 0. The number of hydrogen-bond donors (Lipinski definition) is 1. The smallest absolute Gasteiger partial charge is 0.166 e. The number of rotatable bonds is 9. The van der Waals surface area contributed by atoms with Gasteiger partial charge in [-0.2, -0.15) is 0 Å². The van der Waals surface area contributed by atoms with Crippen molar-refractivity contribution in [2.24, 2.45) is 0 Å². The number of nitrogens with zero attached hydrogens (tertiary/aromatic N) is 1. The van der Waals surface area contributed by atoms with Crippen molar-refractivity contribution in [3.8, 4) is 5.75 Å². The number of Topliss-reactive ketones (excluding diaryl/α,β-unsaturated/α-hetero) is 2. The number of imidazole rings is 1. The van der Waals surface area contributed by atoms with Crippen LogP contribution in [0.25, 0.3) is 0 Å². The normalized spacial score (nSPS) is 17.2. The topological polar surface area (TPSA) is 72.0 Å². The number of aromatic amines is 1. The summed E-state index contributed by atoms with van der Waals surface area (Å²) in [7, 11) is 0. The summed E-state index contributed by atoms with van der Waals surface area (Å²) in [5.74, 6) is -0.0997. The van der Waals surface area contributed by atoms with Crippen LogP contribution >= 0.6 is 0 Å². The molecule has 1 aromatic heterocycles. The molecule has 4 rings (SSSR count). The Bertz CT molecular complexity index is 1060. The molecule has 0 amide bonds. The van der Waals surface area contributed by atoms with Crippen LogP contribution in [0, 0.1) is 0 Å². The molecule has 6 heteroatoms. The molecular weight excluding hydrogens is 395 g/mol. The van der Waals surface area contributed by atoms with Crippen molar-refractivity contribution < 1.29 is 18.7 Å². The molecular formula is C25H25FN2O3. The summed E-state index contributed by atoms with van der Waals surface area (Å²) in [6.45, 7) is 1.09. The number of ketones is 2. The molecule has 2 atom stereocenters. The van der Waals surface area contributed by atoms with E-state index in [1.165, 1.54) is 0 Å². The van der Waals surface area contributed by atoms with Crippen LogP contribution in [-0.4, -0.2) is 34.3 Å². The second kappa shape index (κ2) is 9.25. The summed E-state index contributed by atoms with van der Waals surface area (Å²) in [5.41, 5.74) is 3.44. The minimum Gasteiger partial charge on any atom is -0.486 e. The van der Waals surface area contributed by atoms with E-state index in [4.69, 9.17) is 4.74 Å². The Kier molecular flexibility index (Phi) is 6.26. The fraction of sp³-hybridized carbons (Fsp3) is 0.320. The molecule has 5 nitrogen and oxygen atoms in total. The lowest BCUT2D eigenvalue weighted by Crippen LogP contribution is -2.22. The van der Waals surface area contributed by atoms with Gasteiger partial charge in [0.05, 0.1) is 17.8 Å². The van der Waals surface area contributed by atoms with Crippen molar-refractivity contribution in [2.75, 3.05) is 6.67 Å². The predicted molar refractivity (Wildman–Crippen MR) is 116 cm³/mol. The second-order valence-electron chi connectivity index (χ2n) is 7.77. The van der Waals surface area contributed by atoms with Crippen LogP contribution in [0.2, 0.25) is 0 Å². The van der Waals surface area contributed by atoms with Crippen molar-refractivity contribution in [1.82, 2.24) is 9.97 Å². The molecule has 0 spiro atoms. The highest BCUT2D eigenvalue weighted by molar-refractivity contribution is 6.04. The molecule has 0 unspecified atom stereocenters. The highest BCUT2D eigenvalue weighted by Gasteiger charge is 2.38. The van der Waals surface area contributed by atoms with E-state index in [9.17, 15) is 14.0 Å². The molecule has 0 radical (unpaired) electrons. The standard InChI is InChI=1S/C25H25FN2O3/c1-2-21(29)19-11-17(22(30)10-6-9-18-14-27-15-28-18)12-20-24(16-7-4-3-5-8-16)23(13-26)31-25(19)20/h3-5,7-8,11-12,14-15,23-24H,2,6,9-10,13H2,1H3,(H,27,28)/t23-,24+/m1/s1. The van der Waals surface area contributed by atoms with E-state index in [0.717, 1.165) is 17.7 Å². The largest absolute Gasteiger partial charge is 0.486 e. The monoisotopic (exact) mass is 420 g/mol. The molecule has 1 aliphatic heterocycles. The first kappa shape index (κ1) is 21.0. The average Bonchev–Trinajstić information content (AvgIpc) is 3.45. The zero-order valence-electron chi connectivity index (χ0n) is 17.4. The molecule has 0 bridgehead atoms. The van der Waals surface area contributed by atoms with Gasteiger partial charge in [-0.05, 0) is 30.5 Å². The molecule has 31 heavy (non-hydrogen) atoms. The number of aromatic nitrogens is 2. The maximum atomic E-state index is 13.9. The van der Waals surface area contributed by atoms with Crippen LogP contribution in [0.15, 0.2) is 55.0 Å². The third-order valence-corrected chi connectivity index (χ3v) is 5.75. The Morgan fingerprint density at radius 1 is 1.16 bits per heavy atom. The van der Waals surface area contributed by atoms with Gasteiger partial charge in [-0.3, -0.25) is 9.59 Å². The second-order valence-corrected chi connectivity index (χ2v) is 7.77. The lowest BCUT2D eigenvalue weighted by Gasteiger charge is -2.16. The van der Waals surface area contributed by atoms with Crippen molar-refractivity contribution in [2.45, 2.75) is 44.6 Å². The quantitative estimate of drug-likeness (QED) is 0.491. The van der Waals surface area contributed by atoms with Crippen LogP contribution in [0.3, 0.4) is 0 Å². The highest BCUT2D eigenvalue weighted by atomic mass is 19.1. The van der Waals surface area contributed by atoms with Crippen LogP contribution in [0.4, 0.5) is 4.39 Å². The number of carbonyl (C=O) groups excluding carboxylic acids is 2. The van der Waals surface area contributed by atoms with Gasteiger partial charge in [-0.1, -0.05) is 37.3 Å². The SMILES string of the molecule is CCC(=O)c1cc(C(=O)CCCc2cnc[nH]2)cc2c1O[C@H](CF)[C@H]2c1ccccc1. The van der Waals surface area contributed by atoms with Gasteiger partial charge in [0.2, 0.25) is 0 Å². The lowest BCUT2D eigenvalue weighted by atomic mass is 9.85. The van der Waals surface area contributed by atoms with E-state index in [1.54, 1.807) is 31.6 Å². The molecule has 160 valence electrons. The molecule has 1 N–H and O–H groups in total. The van der Waals surface area contributed by atoms with Gasteiger partial charge in [0, 0.05) is 35.9 Å². The van der Waals surface area contributed by atoms with Gasteiger partial charge in [-0.15, -0.1) is 0 Å².